The zero-order chi connectivity index (χ0) is 13.5. The third-order valence-electron chi connectivity index (χ3n) is 2.91. The molecule has 0 aromatic carbocycles. The zero-order valence-electron chi connectivity index (χ0n) is 11.2. The number of imidazole rings is 1. The van der Waals surface area contributed by atoms with Gasteiger partial charge in [0.05, 0.1) is 24.8 Å². The lowest BCUT2D eigenvalue weighted by Crippen LogP contribution is -2.07. The Bertz CT molecular complexity index is 492. The summed E-state index contributed by atoms with van der Waals surface area (Å²) in [5.41, 5.74) is 7.64. The Balaban J connectivity index is 1.96. The summed E-state index contributed by atoms with van der Waals surface area (Å²) in [6.07, 6.45) is 7.68. The van der Waals surface area contributed by atoms with Gasteiger partial charge in [-0.05, 0) is 18.6 Å². The SMILES string of the molecule is CCCCOCCn1cncc1-c1ccc(N)nc1. The second kappa shape index (κ2) is 6.89. The van der Waals surface area contributed by atoms with E-state index in [9.17, 15) is 0 Å². The predicted molar refractivity (Wildman–Crippen MR) is 75.6 cm³/mol. The summed E-state index contributed by atoms with van der Waals surface area (Å²) in [5.74, 6) is 0.526. The first-order valence-electron chi connectivity index (χ1n) is 6.61. The first-order chi connectivity index (χ1) is 9.31. The highest BCUT2D eigenvalue weighted by Gasteiger charge is 2.05. The highest BCUT2D eigenvalue weighted by Crippen LogP contribution is 2.18. The number of nitrogens with zero attached hydrogens (tertiary/aromatic N) is 3. The van der Waals surface area contributed by atoms with Crippen molar-refractivity contribution in [3.05, 3.63) is 30.9 Å². The third kappa shape index (κ3) is 3.79. The van der Waals surface area contributed by atoms with Crippen LogP contribution in [0.2, 0.25) is 0 Å². The number of hydrogen-bond acceptors (Lipinski definition) is 4. The molecule has 0 saturated heterocycles. The fourth-order valence-electron chi connectivity index (χ4n) is 1.81. The van der Waals surface area contributed by atoms with Gasteiger partial charge in [0.25, 0.3) is 0 Å². The van der Waals surface area contributed by atoms with Crippen LogP contribution in [0.15, 0.2) is 30.9 Å². The summed E-state index contributed by atoms with van der Waals surface area (Å²) >= 11 is 0. The second-order valence-electron chi connectivity index (χ2n) is 4.41. The molecule has 0 amide bonds. The van der Waals surface area contributed by atoms with Crippen LogP contribution in [0.5, 0.6) is 0 Å². The summed E-state index contributed by atoms with van der Waals surface area (Å²) in [6, 6.07) is 3.75. The molecule has 0 atom stereocenters. The fraction of sp³-hybridized carbons (Fsp3) is 0.429. The molecule has 2 aromatic heterocycles. The third-order valence-corrected chi connectivity index (χ3v) is 2.91. The number of pyridine rings is 1. The summed E-state index contributed by atoms with van der Waals surface area (Å²) in [5, 5.41) is 0. The highest BCUT2D eigenvalue weighted by atomic mass is 16.5. The molecule has 0 bridgehead atoms. The maximum absolute atomic E-state index is 5.59. The molecule has 0 aliphatic rings. The van der Waals surface area contributed by atoms with E-state index < -0.39 is 0 Å². The average molecular weight is 260 g/mol. The number of anilines is 1. The molecule has 0 radical (unpaired) electrons. The van der Waals surface area contributed by atoms with E-state index in [0.717, 1.165) is 37.3 Å². The van der Waals surface area contributed by atoms with E-state index >= 15 is 0 Å². The summed E-state index contributed by atoms with van der Waals surface area (Å²) in [7, 11) is 0. The van der Waals surface area contributed by atoms with Gasteiger partial charge in [-0.1, -0.05) is 13.3 Å². The molecule has 0 fully saturated rings. The van der Waals surface area contributed by atoms with Crippen molar-refractivity contribution in [3.8, 4) is 11.3 Å². The van der Waals surface area contributed by atoms with E-state index in [1.54, 1.807) is 12.3 Å². The van der Waals surface area contributed by atoms with Gasteiger partial charge < -0.3 is 15.0 Å². The molecular weight excluding hydrogens is 240 g/mol. The maximum Gasteiger partial charge on any atom is 0.123 e. The van der Waals surface area contributed by atoms with Gasteiger partial charge in [-0.2, -0.15) is 0 Å². The minimum Gasteiger partial charge on any atom is -0.384 e. The Morgan fingerprint density at radius 1 is 1.26 bits per heavy atom. The molecule has 19 heavy (non-hydrogen) atoms. The highest BCUT2D eigenvalue weighted by molar-refractivity contribution is 5.59. The van der Waals surface area contributed by atoms with Crippen LogP contribution in [0, 0.1) is 0 Å². The van der Waals surface area contributed by atoms with Gasteiger partial charge in [0, 0.05) is 24.9 Å². The van der Waals surface area contributed by atoms with Crippen LogP contribution in [0.4, 0.5) is 5.82 Å². The normalized spacial score (nSPS) is 10.8. The van der Waals surface area contributed by atoms with Gasteiger partial charge in [0.15, 0.2) is 0 Å². The molecule has 102 valence electrons. The molecule has 2 heterocycles. The Morgan fingerprint density at radius 2 is 2.16 bits per heavy atom. The van der Waals surface area contributed by atoms with Gasteiger partial charge in [0.2, 0.25) is 0 Å². The maximum atomic E-state index is 5.59. The molecule has 0 spiro atoms. The number of aromatic nitrogens is 3. The minimum absolute atomic E-state index is 0.526. The lowest BCUT2D eigenvalue weighted by molar-refractivity contribution is 0.124. The average Bonchev–Trinajstić information content (AvgIpc) is 2.88. The van der Waals surface area contributed by atoms with Gasteiger partial charge >= 0.3 is 0 Å². The van der Waals surface area contributed by atoms with Gasteiger partial charge in [-0.15, -0.1) is 0 Å². The minimum atomic E-state index is 0.526. The molecule has 0 aliphatic carbocycles. The van der Waals surface area contributed by atoms with Crippen molar-refractivity contribution in [2.45, 2.75) is 26.3 Å². The van der Waals surface area contributed by atoms with Crippen molar-refractivity contribution in [3.63, 3.8) is 0 Å². The van der Waals surface area contributed by atoms with Gasteiger partial charge in [-0.3, -0.25) is 0 Å². The summed E-state index contributed by atoms with van der Waals surface area (Å²) < 4.78 is 7.64. The monoisotopic (exact) mass is 260 g/mol. The number of hydrogen-bond donors (Lipinski definition) is 1. The molecule has 0 saturated carbocycles. The van der Waals surface area contributed by atoms with E-state index in [1.165, 1.54) is 0 Å². The van der Waals surface area contributed by atoms with E-state index in [1.807, 2.05) is 18.6 Å². The molecule has 5 heteroatoms. The molecular formula is C14H20N4O. The quantitative estimate of drug-likeness (QED) is 0.776. The van der Waals surface area contributed by atoms with Crippen LogP contribution < -0.4 is 5.73 Å². The van der Waals surface area contributed by atoms with E-state index in [2.05, 4.69) is 21.5 Å². The van der Waals surface area contributed by atoms with Crippen molar-refractivity contribution in [2.75, 3.05) is 18.9 Å². The number of nitrogens with two attached hydrogens (primary N) is 1. The van der Waals surface area contributed by atoms with Crippen LogP contribution in [-0.4, -0.2) is 27.7 Å². The fourth-order valence-corrected chi connectivity index (χ4v) is 1.81. The smallest absolute Gasteiger partial charge is 0.123 e. The standard InChI is InChI=1S/C14H20N4O/c1-2-3-7-19-8-6-18-11-16-10-13(18)12-4-5-14(15)17-9-12/h4-5,9-11H,2-3,6-8H2,1H3,(H2,15,17). The Labute approximate surface area is 113 Å². The lowest BCUT2D eigenvalue weighted by atomic mass is 10.2. The first-order valence-corrected chi connectivity index (χ1v) is 6.61. The lowest BCUT2D eigenvalue weighted by Gasteiger charge is -2.08. The van der Waals surface area contributed by atoms with Crippen LogP contribution in [-0.2, 0) is 11.3 Å². The Morgan fingerprint density at radius 3 is 2.89 bits per heavy atom. The number of ether oxygens (including phenoxy) is 1. The van der Waals surface area contributed by atoms with Gasteiger partial charge in [0.1, 0.15) is 5.82 Å². The Hall–Kier alpha value is -1.88. The van der Waals surface area contributed by atoms with Crippen LogP contribution >= 0.6 is 0 Å². The molecule has 0 unspecified atom stereocenters. The molecule has 2 aromatic rings. The molecule has 0 aliphatic heterocycles. The van der Waals surface area contributed by atoms with Gasteiger partial charge in [-0.25, -0.2) is 9.97 Å². The number of unbranched alkanes of at least 4 members (excludes halogenated alkanes) is 1. The second-order valence-corrected chi connectivity index (χ2v) is 4.41. The molecule has 2 rings (SSSR count). The Kier molecular flexibility index (Phi) is 4.92. The van der Waals surface area contributed by atoms with Crippen molar-refractivity contribution in [2.24, 2.45) is 0 Å². The largest absolute Gasteiger partial charge is 0.384 e. The van der Waals surface area contributed by atoms with E-state index in [0.29, 0.717) is 12.4 Å². The summed E-state index contributed by atoms with van der Waals surface area (Å²) in [6.45, 7) is 4.48. The molecule has 5 nitrogen and oxygen atoms in total. The summed E-state index contributed by atoms with van der Waals surface area (Å²) in [4.78, 5) is 8.29. The first kappa shape index (κ1) is 13.5. The van der Waals surface area contributed by atoms with Crippen molar-refractivity contribution >= 4 is 5.82 Å². The number of rotatable bonds is 7. The van der Waals surface area contributed by atoms with Crippen LogP contribution in [0.3, 0.4) is 0 Å². The zero-order valence-corrected chi connectivity index (χ0v) is 11.2. The van der Waals surface area contributed by atoms with Crippen LogP contribution in [0.1, 0.15) is 19.8 Å². The van der Waals surface area contributed by atoms with Crippen LogP contribution in [0.25, 0.3) is 11.3 Å². The van der Waals surface area contributed by atoms with E-state index in [-0.39, 0.29) is 0 Å². The van der Waals surface area contributed by atoms with Crippen molar-refractivity contribution in [1.82, 2.24) is 14.5 Å². The topological polar surface area (TPSA) is 66.0 Å². The van der Waals surface area contributed by atoms with Crippen molar-refractivity contribution < 1.29 is 4.74 Å². The predicted octanol–water partition coefficient (Wildman–Crippen LogP) is 2.34. The van der Waals surface area contributed by atoms with Crippen molar-refractivity contribution in [1.29, 1.82) is 0 Å². The van der Waals surface area contributed by atoms with E-state index in [4.69, 9.17) is 10.5 Å². The molecule has 2 N–H and O–H groups in total. The number of nitrogen functional groups attached to an aromatic ring is 1.